The van der Waals surface area contributed by atoms with Crippen molar-refractivity contribution in [1.29, 1.82) is 0 Å². The molecule has 3 heteroatoms. The van der Waals surface area contributed by atoms with Crippen LogP contribution in [0.5, 0.6) is 0 Å². The van der Waals surface area contributed by atoms with E-state index in [-0.39, 0.29) is 5.91 Å². The maximum absolute atomic E-state index is 12.3. The predicted octanol–water partition coefficient (Wildman–Crippen LogP) is 2.26. The first-order valence-corrected chi connectivity index (χ1v) is 5.84. The molecule has 1 rings (SSSR count). The predicted molar refractivity (Wildman–Crippen MR) is 72.5 cm³/mol. The van der Waals surface area contributed by atoms with Gasteiger partial charge >= 0.3 is 0 Å². The number of amides is 1. The van der Waals surface area contributed by atoms with E-state index in [1.54, 1.807) is 11.9 Å². The minimum atomic E-state index is -0.550. The van der Waals surface area contributed by atoms with Gasteiger partial charge in [-0.3, -0.25) is 4.79 Å². The van der Waals surface area contributed by atoms with E-state index < -0.39 is 5.54 Å². The fourth-order valence-electron chi connectivity index (χ4n) is 1.82. The van der Waals surface area contributed by atoms with E-state index in [2.05, 4.69) is 18.3 Å². The summed E-state index contributed by atoms with van der Waals surface area (Å²) in [5.41, 5.74) is 2.74. The number of aryl methyl sites for hydroxylation is 2. The molecule has 0 bridgehead atoms. The zero-order chi connectivity index (χ0) is 13.2. The molecule has 0 aliphatic carbocycles. The summed E-state index contributed by atoms with van der Waals surface area (Å²) in [4.78, 5) is 14.0. The van der Waals surface area contributed by atoms with Crippen LogP contribution in [-0.2, 0) is 4.79 Å². The van der Waals surface area contributed by atoms with Crippen molar-refractivity contribution in [3.63, 3.8) is 0 Å². The van der Waals surface area contributed by atoms with Gasteiger partial charge in [-0.2, -0.15) is 0 Å². The molecule has 3 nitrogen and oxygen atoms in total. The van der Waals surface area contributed by atoms with Crippen LogP contribution in [0, 0.1) is 13.8 Å². The molecule has 0 aliphatic heterocycles. The number of likely N-dealkylation sites (N-methyl/N-ethyl adjacent to an activating group) is 2. The average Bonchev–Trinajstić information content (AvgIpc) is 2.27. The first kappa shape index (κ1) is 13.7. The molecule has 0 atom stereocenters. The SMILES string of the molecule is CNC(C)(C)C(=O)N(C)c1ccc(C)cc1C. The lowest BCUT2D eigenvalue weighted by Gasteiger charge is -2.30. The van der Waals surface area contributed by atoms with Gasteiger partial charge in [0.15, 0.2) is 0 Å². The Kier molecular flexibility index (Phi) is 3.94. The molecular weight excluding hydrogens is 212 g/mol. The number of nitrogens with one attached hydrogen (secondary N) is 1. The zero-order valence-electron chi connectivity index (χ0n) is 11.6. The fraction of sp³-hybridized carbons (Fsp3) is 0.500. The third kappa shape index (κ3) is 2.86. The van der Waals surface area contributed by atoms with Crippen molar-refractivity contribution in [2.24, 2.45) is 0 Å². The highest BCUT2D eigenvalue weighted by Gasteiger charge is 2.29. The zero-order valence-corrected chi connectivity index (χ0v) is 11.6. The van der Waals surface area contributed by atoms with Crippen molar-refractivity contribution >= 4 is 11.6 Å². The van der Waals surface area contributed by atoms with Crippen LogP contribution in [0.25, 0.3) is 0 Å². The van der Waals surface area contributed by atoms with Gasteiger partial charge in [-0.05, 0) is 46.4 Å². The number of anilines is 1. The molecule has 0 saturated carbocycles. The van der Waals surface area contributed by atoms with Crippen molar-refractivity contribution in [3.8, 4) is 0 Å². The summed E-state index contributed by atoms with van der Waals surface area (Å²) in [5, 5.41) is 3.03. The van der Waals surface area contributed by atoms with Gasteiger partial charge in [0.1, 0.15) is 0 Å². The molecule has 1 aromatic carbocycles. The Labute approximate surface area is 104 Å². The Morgan fingerprint density at radius 2 is 1.88 bits per heavy atom. The smallest absolute Gasteiger partial charge is 0.246 e. The van der Waals surface area contributed by atoms with Gasteiger partial charge < -0.3 is 10.2 Å². The second-order valence-corrected chi connectivity index (χ2v) is 5.03. The Morgan fingerprint density at radius 3 is 2.35 bits per heavy atom. The molecule has 94 valence electrons. The van der Waals surface area contributed by atoms with Crippen molar-refractivity contribution in [1.82, 2.24) is 5.32 Å². The largest absolute Gasteiger partial charge is 0.314 e. The van der Waals surface area contributed by atoms with Crippen LogP contribution < -0.4 is 10.2 Å². The topological polar surface area (TPSA) is 32.3 Å². The molecule has 0 aliphatic rings. The second kappa shape index (κ2) is 4.88. The summed E-state index contributed by atoms with van der Waals surface area (Å²) in [5.74, 6) is 0.0620. The average molecular weight is 234 g/mol. The maximum atomic E-state index is 12.3. The summed E-state index contributed by atoms with van der Waals surface area (Å²) in [6, 6.07) is 6.11. The Hall–Kier alpha value is -1.35. The van der Waals surface area contributed by atoms with Crippen molar-refractivity contribution < 1.29 is 4.79 Å². The van der Waals surface area contributed by atoms with Crippen molar-refractivity contribution in [3.05, 3.63) is 29.3 Å². The minimum Gasteiger partial charge on any atom is -0.314 e. The van der Waals surface area contributed by atoms with Crippen molar-refractivity contribution in [2.45, 2.75) is 33.2 Å². The summed E-state index contributed by atoms with van der Waals surface area (Å²) >= 11 is 0. The standard InChI is InChI=1S/C14H22N2O/c1-10-7-8-12(11(2)9-10)16(6)13(17)14(3,4)15-5/h7-9,15H,1-6H3. The summed E-state index contributed by atoms with van der Waals surface area (Å²) in [6.45, 7) is 7.85. The normalized spacial score (nSPS) is 11.4. The van der Waals surface area contributed by atoms with Crippen molar-refractivity contribution in [2.75, 3.05) is 19.0 Å². The molecule has 1 aromatic rings. The molecule has 0 heterocycles. The number of hydrogen-bond acceptors (Lipinski definition) is 2. The highest BCUT2D eigenvalue weighted by Crippen LogP contribution is 2.22. The van der Waals surface area contributed by atoms with Crippen LogP contribution in [0.4, 0.5) is 5.69 Å². The minimum absolute atomic E-state index is 0.0620. The van der Waals surface area contributed by atoms with Gasteiger partial charge in [-0.25, -0.2) is 0 Å². The first-order chi connectivity index (χ1) is 7.79. The van der Waals surface area contributed by atoms with E-state index in [1.165, 1.54) is 5.56 Å². The molecule has 0 unspecified atom stereocenters. The van der Waals surface area contributed by atoms with Gasteiger partial charge in [-0.15, -0.1) is 0 Å². The molecule has 1 N–H and O–H groups in total. The van der Waals surface area contributed by atoms with Gasteiger partial charge in [-0.1, -0.05) is 17.7 Å². The Morgan fingerprint density at radius 1 is 1.29 bits per heavy atom. The summed E-state index contributed by atoms with van der Waals surface area (Å²) in [7, 11) is 3.62. The monoisotopic (exact) mass is 234 g/mol. The van der Waals surface area contributed by atoms with E-state index in [0.29, 0.717) is 0 Å². The molecule has 0 spiro atoms. The Balaban J connectivity index is 3.05. The van der Waals surface area contributed by atoms with Crippen LogP contribution in [0.15, 0.2) is 18.2 Å². The lowest BCUT2D eigenvalue weighted by Crippen LogP contribution is -2.51. The number of hydrogen-bond donors (Lipinski definition) is 1. The van der Waals surface area contributed by atoms with Crippen LogP contribution in [0.1, 0.15) is 25.0 Å². The molecule has 0 aromatic heterocycles. The number of rotatable bonds is 3. The van der Waals surface area contributed by atoms with Gasteiger partial charge in [0.25, 0.3) is 0 Å². The van der Waals surface area contributed by atoms with E-state index in [1.807, 2.05) is 40.0 Å². The van der Waals surface area contributed by atoms with E-state index in [9.17, 15) is 4.79 Å². The summed E-state index contributed by atoms with van der Waals surface area (Å²) < 4.78 is 0. The number of carbonyl (C=O) groups is 1. The number of nitrogens with zero attached hydrogens (tertiary/aromatic N) is 1. The maximum Gasteiger partial charge on any atom is 0.246 e. The van der Waals surface area contributed by atoms with Crippen LogP contribution in [0.2, 0.25) is 0 Å². The van der Waals surface area contributed by atoms with Crippen LogP contribution in [-0.4, -0.2) is 25.5 Å². The third-order valence-corrected chi connectivity index (χ3v) is 3.18. The molecular formula is C14H22N2O. The number of carbonyl (C=O) groups excluding carboxylic acids is 1. The molecule has 1 amide bonds. The second-order valence-electron chi connectivity index (χ2n) is 5.03. The molecule has 0 radical (unpaired) electrons. The highest BCUT2D eigenvalue weighted by atomic mass is 16.2. The molecule has 17 heavy (non-hydrogen) atoms. The lowest BCUT2D eigenvalue weighted by molar-refractivity contribution is -0.123. The first-order valence-electron chi connectivity index (χ1n) is 5.84. The van der Waals surface area contributed by atoms with Crippen LogP contribution >= 0.6 is 0 Å². The molecule has 0 saturated heterocycles. The van der Waals surface area contributed by atoms with Gasteiger partial charge in [0.05, 0.1) is 5.54 Å². The highest BCUT2D eigenvalue weighted by molar-refractivity contribution is 5.99. The Bertz CT molecular complexity index is 424. The molecule has 0 fully saturated rings. The quantitative estimate of drug-likeness (QED) is 0.870. The van der Waals surface area contributed by atoms with E-state index in [0.717, 1.165) is 11.3 Å². The van der Waals surface area contributed by atoms with Crippen LogP contribution in [0.3, 0.4) is 0 Å². The summed E-state index contributed by atoms with van der Waals surface area (Å²) in [6.07, 6.45) is 0. The van der Waals surface area contributed by atoms with Gasteiger partial charge in [0, 0.05) is 12.7 Å². The van der Waals surface area contributed by atoms with E-state index >= 15 is 0 Å². The van der Waals surface area contributed by atoms with Gasteiger partial charge in [0.2, 0.25) is 5.91 Å². The lowest BCUT2D eigenvalue weighted by atomic mass is 10.0. The van der Waals surface area contributed by atoms with E-state index in [4.69, 9.17) is 0 Å². The third-order valence-electron chi connectivity index (χ3n) is 3.18. The number of benzene rings is 1. The fourth-order valence-corrected chi connectivity index (χ4v) is 1.82.